The summed E-state index contributed by atoms with van der Waals surface area (Å²) in [7, 11) is -2.40. The first kappa shape index (κ1) is 25.8. The molecule has 1 aromatic heterocycles. The molecule has 0 spiro atoms. The van der Waals surface area contributed by atoms with Gasteiger partial charge in [-0.2, -0.15) is 4.31 Å². The summed E-state index contributed by atoms with van der Waals surface area (Å²) in [6.07, 6.45) is 1.27. The summed E-state index contributed by atoms with van der Waals surface area (Å²) in [6.45, 7) is 3.12. The fourth-order valence-electron chi connectivity index (χ4n) is 5.92. The molecule has 5 rings (SSSR count). The SMILES string of the molecule is COc1cc([C@]2(c3cc(F)c(CN4[C@@H](C)CC[C@H](c5ccccc5)S4(=O)=O)cc3F)C[C@@](C)(O)C2)on1. The number of benzene rings is 2. The minimum atomic E-state index is -3.81. The van der Waals surface area contributed by atoms with E-state index in [1.807, 2.05) is 6.07 Å². The van der Waals surface area contributed by atoms with E-state index in [1.165, 1.54) is 17.5 Å². The van der Waals surface area contributed by atoms with Gasteiger partial charge in [-0.25, -0.2) is 17.2 Å². The maximum Gasteiger partial charge on any atom is 0.254 e. The van der Waals surface area contributed by atoms with Gasteiger partial charge in [-0.3, -0.25) is 0 Å². The van der Waals surface area contributed by atoms with Gasteiger partial charge in [-0.05, 0) is 62.4 Å². The van der Waals surface area contributed by atoms with Crippen molar-refractivity contribution in [3.05, 3.63) is 82.6 Å². The minimum absolute atomic E-state index is 0.0239. The zero-order chi connectivity index (χ0) is 26.6. The van der Waals surface area contributed by atoms with Crippen molar-refractivity contribution in [3.8, 4) is 5.88 Å². The number of aliphatic hydroxyl groups is 1. The molecule has 2 heterocycles. The Kier molecular flexibility index (Phi) is 6.40. The van der Waals surface area contributed by atoms with Crippen molar-refractivity contribution >= 4 is 10.0 Å². The molecule has 1 saturated carbocycles. The molecular formula is C27H30F2N2O5S. The van der Waals surface area contributed by atoms with Gasteiger partial charge in [0.2, 0.25) is 10.0 Å². The monoisotopic (exact) mass is 532 g/mol. The van der Waals surface area contributed by atoms with E-state index in [0.717, 1.165) is 12.1 Å². The summed E-state index contributed by atoms with van der Waals surface area (Å²) in [5, 5.41) is 13.5. The van der Waals surface area contributed by atoms with E-state index in [1.54, 1.807) is 38.1 Å². The van der Waals surface area contributed by atoms with Crippen molar-refractivity contribution in [1.82, 2.24) is 9.46 Å². The van der Waals surface area contributed by atoms with E-state index >= 15 is 8.78 Å². The van der Waals surface area contributed by atoms with Crippen molar-refractivity contribution in [3.63, 3.8) is 0 Å². The number of aromatic nitrogens is 1. The standard InChI is InChI=1S/C27H30F2N2O5S/c1-17-9-10-23(18-7-5-4-6-8-18)37(33,34)31(17)14-19-11-22(29)20(12-21(19)28)27(15-26(2,32)16-27)24-13-25(35-3)30-36-24/h4-8,11-13,17,23,32H,9-10,14-16H2,1-3H3/t17-,23+,26-,27-/m0/s1. The lowest BCUT2D eigenvalue weighted by molar-refractivity contribution is -0.0698. The summed E-state index contributed by atoms with van der Waals surface area (Å²) in [5.41, 5.74) is -1.56. The predicted octanol–water partition coefficient (Wildman–Crippen LogP) is 4.85. The van der Waals surface area contributed by atoms with Crippen LogP contribution in [0.5, 0.6) is 5.88 Å². The minimum Gasteiger partial charge on any atom is -0.479 e. The Morgan fingerprint density at radius 2 is 1.84 bits per heavy atom. The highest BCUT2D eigenvalue weighted by atomic mass is 32.2. The zero-order valence-electron chi connectivity index (χ0n) is 20.9. The molecule has 37 heavy (non-hydrogen) atoms. The smallest absolute Gasteiger partial charge is 0.254 e. The molecule has 0 unspecified atom stereocenters. The molecular weight excluding hydrogens is 502 g/mol. The number of nitrogens with zero attached hydrogens (tertiary/aromatic N) is 2. The number of ether oxygens (including phenoxy) is 1. The van der Waals surface area contributed by atoms with Crippen LogP contribution in [0.4, 0.5) is 8.78 Å². The van der Waals surface area contributed by atoms with Gasteiger partial charge in [0.25, 0.3) is 5.88 Å². The second-order valence-corrected chi connectivity index (χ2v) is 12.6. The van der Waals surface area contributed by atoms with Crippen LogP contribution < -0.4 is 4.74 Å². The third kappa shape index (κ3) is 4.45. The molecule has 198 valence electrons. The number of halogens is 2. The van der Waals surface area contributed by atoms with Crippen LogP contribution in [-0.2, 0) is 22.0 Å². The van der Waals surface area contributed by atoms with E-state index < -0.39 is 37.9 Å². The molecule has 10 heteroatoms. The molecule has 1 aliphatic carbocycles. The maximum atomic E-state index is 15.6. The number of rotatable bonds is 6. The molecule has 0 amide bonds. The third-order valence-electron chi connectivity index (χ3n) is 7.71. The Bertz CT molecular complexity index is 1400. The molecule has 1 N–H and O–H groups in total. The lowest BCUT2D eigenvalue weighted by Crippen LogP contribution is -2.53. The average Bonchev–Trinajstić information content (AvgIpc) is 3.32. The normalized spacial score (nSPS) is 29.6. The Morgan fingerprint density at radius 3 is 2.46 bits per heavy atom. The second kappa shape index (κ2) is 9.18. The van der Waals surface area contributed by atoms with Crippen molar-refractivity contribution in [1.29, 1.82) is 0 Å². The highest BCUT2D eigenvalue weighted by Gasteiger charge is 2.57. The number of hydrogen-bond donors (Lipinski definition) is 1. The van der Waals surface area contributed by atoms with Crippen molar-refractivity contribution < 1.29 is 31.6 Å². The molecule has 2 atom stereocenters. The summed E-state index contributed by atoms with van der Waals surface area (Å²) >= 11 is 0. The van der Waals surface area contributed by atoms with E-state index in [-0.39, 0.29) is 48.2 Å². The highest BCUT2D eigenvalue weighted by Crippen LogP contribution is 2.55. The Labute approximate surface area is 215 Å². The maximum absolute atomic E-state index is 15.6. The Balaban J connectivity index is 1.49. The van der Waals surface area contributed by atoms with Gasteiger partial charge in [0.05, 0.1) is 18.1 Å². The molecule has 2 aromatic carbocycles. The van der Waals surface area contributed by atoms with E-state index in [9.17, 15) is 13.5 Å². The topological polar surface area (TPSA) is 92.9 Å². The molecule has 2 aliphatic rings. The fourth-order valence-corrected chi connectivity index (χ4v) is 8.11. The Morgan fingerprint density at radius 1 is 1.14 bits per heavy atom. The van der Waals surface area contributed by atoms with E-state index in [0.29, 0.717) is 18.4 Å². The van der Waals surface area contributed by atoms with Gasteiger partial charge in [0.15, 0.2) is 5.76 Å². The van der Waals surface area contributed by atoms with Crippen LogP contribution in [0.25, 0.3) is 0 Å². The zero-order valence-corrected chi connectivity index (χ0v) is 21.8. The van der Waals surface area contributed by atoms with Gasteiger partial charge in [0, 0.05) is 29.8 Å². The van der Waals surface area contributed by atoms with Crippen LogP contribution in [0.2, 0.25) is 0 Å². The van der Waals surface area contributed by atoms with Crippen LogP contribution in [-0.4, -0.2) is 41.7 Å². The lowest BCUT2D eigenvalue weighted by Gasteiger charge is -2.50. The van der Waals surface area contributed by atoms with Gasteiger partial charge >= 0.3 is 0 Å². The van der Waals surface area contributed by atoms with Crippen LogP contribution in [0.15, 0.2) is 53.1 Å². The van der Waals surface area contributed by atoms with E-state index in [4.69, 9.17) is 9.26 Å². The highest BCUT2D eigenvalue weighted by molar-refractivity contribution is 7.89. The first-order valence-corrected chi connectivity index (χ1v) is 13.7. The number of methoxy groups -OCH3 is 1. The van der Waals surface area contributed by atoms with Gasteiger partial charge in [0.1, 0.15) is 16.9 Å². The van der Waals surface area contributed by atoms with Crippen molar-refractivity contribution in [2.75, 3.05) is 7.11 Å². The average molecular weight is 533 g/mol. The summed E-state index contributed by atoms with van der Waals surface area (Å²) in [4.78, 5) is 0. The number of hydrogen-bond acceptors (Lipinski definition) is 6. The molecule has 3 aromatic rings. The summed E-state index contributed by atoms with van der Waals surface area (Å²) < 4.78 is 70.0. The molecule has 7 nitrogen and oxygen atoms in total. The molecule has 0 radical (unpaired) electrons. The summed E-state index contributed by atoms with van der Waals surface area (Å²) in [6, 6.07) is 12.2. The van der Waals surface area contributed by atoms with Crippen LogP contribution in [0.3, 0.4) is 0 Å². The first-order chi connectivity index (χ1) is 17.5. The van der Waals surface area contributed by atoms with Gasteiger partial charge in [-0.1, -0.05) is 30.3 Å². The lowest BCUT2D eigenvalue weighted by atomic mass is 9.55. The van der Waals surface area contributed by atoms with Gasteiger partial charge in [-0.15, -0.1) is 0 Å². The third-order valence-corrected chi connectivity index (χ3v) is 10.1. The van der Waals surface area contributed by atoms with Crippen molar-refractivity contribution in [2.24, 2.45) is 0 Å². The fraction of sp³-hybridized carbons (Fsp3) is 0.444. The quantitative estimate of drug-likeness (QED) is 0.488. The first-order valence-electron chi connectivity index (χ1n) is 12.2. The molecule has 1 saturated heterocycles. The molecule has 1 aliphatic heterocycles. The Hall–Kier alpha value is -2.82. The predicted molar refractivity (Wildman–Crippen MR) is 132 cm³/mol. The molecule has 2 fully saturated rings. The van der Waals surface area contributed by atoms with Crippen LogP contribution in [0.1, 0.15) is 67.2 Å². The summed E-state index contributed by atoms with van der Waals surface area (Å²) in [5.74, 6) is -0.975. The van der Waals surface area contributed by atoms with Crippen molar-refractivity contribution in [2.45, 2.75) is 68.4 Å². The largest absolute Gasteiger partial charge is 0.479 e. The van der Waals surface area contributed by atoms with Crippen LogP contribution >= 0.6 is 0 Å². The number of sulfonamides is 1. The van der Waals surface area contributed by atoms with Gasteiger partial charge < -0.3 is 14.4 Å². The van der Waals surface area contributed by atoms with Crippen LogP contribution in [0, 0.1) is 11.6 Å². The van der Waals surface area contributed by atoms with E-state index in [2.05, 4.69) is 5.16 Å². The molecule has 0 bridgehead atoms. The second-order valence-electron chi connectivity index (χ2n) is 10.5.